The first kappa shape index (κ1) is 22.8. The molecule has 2 heterocycles. The van der Waals surface area contributed by atoms with Crippen LogP contribution in [-0.4, -0.2) is 27.7 Å². The molecule has 0 saturated heterocycles. The van der Waals surface area contributed by atoms with Crippen molar-refractivity contribution in [3.63, 3.8) is 0 Å². The Labute approximate surface area is 207 Å². The lowest BCUT2D eigenvalue weighted by molar-refractivity contribution is 0.400. The van der Waals surface area contributed by atoms with Gasteiger partial charge in [0.15, 0.2) is 0 Å². The lowest BCUT2D eigenvalue weighted by Crippen LogP contribution is -2.17. The molecule has 5 rings (SSSR count). The minimum absolute atomic E-state index is 0.0404. The van der Waals surface area contributed by atoms with Crippen LogP contribution in [0.1, 0.15) is 13.8 Å². The molecule has 1 aliphatic heterocycles. The minimum atomic E-state index is -0.338. The van der Waals surface area contributed by atoms with Crippen LogP contribution >= 0.6 is 11.6 Å². The number of halogens is 2. The number of fused-ring (bicyclic) bond motifs is 2. The summed E-state index contributed by atoms with van der Waals surface area (Å²) in [5.74, 6) is 0.136. The Hall–Kier alpha value is -3.97. The van der Waals surface area contributed by atoms with Gasteiger partial charge in [0, 0.05) is 29.0 Å². The summed E-state index contributed by atoms with van der Waals surface area (Å²) in [7, 11) is 1.58. The lowest BCUT2D eigenvalue weighted by Gasteiger charge is -2.21. The first-order valence-electron chi connectivity index (χ1n) is 11.1. The number of pyridine rings is 1. The number of nitrogens with one attached hydrogen (secondary N) is 1. The molecule has 35 heavy (non-hydrogen) atoms. The van der Waals surface area contributed by atoms with Crippen molar-refractivity contribution in [2.24, 2.45) is 4.99 Å². The van der Waals surface area contributed by atoms with E-state index in [1.807, 2.05) is 66.9 Å². The van der Waals surface area contributed by atoms with Gasteiger partial charge in [0.05, 0.1) is 40.6 Å². The van der Waals surface area contributed by atoms with Gasteiger partial charge < -0.3 is 14.6 Å². The normalized spacial score (nSPS) is 12.0. The summed E-state index contributed by atoms with van der Waals surface area (Å²) in [4.78, 5) is 14.0. The summed E-state index contributed by atoms with van der Waals surface area (Å²) in [6.45, 7) is 4.03. The van der Waals surface area contributed by atoms with Crippen LogP contribution in [0.4, 0.5) is 15.8 Å². The Morgan fingerprint density at radius 2 is 1.83 bits per heavy atom. The number of methoxy groups -OCH3 is 1. The molecule has 1 aliphatic carbocycles. The second-order valence-electron chi connectivity index (χ2n) is 8.32. The van der Waals surface area contributed by atoms with Gasteiger partial charge in [0.2, 0.25) is 5.88 Å². The van der Waals surface area contributed by atoms with Crippen LogP contribution in [0.5, 0.6) is 5.88 Å². The van der Waals surface area contributed by atoms with Crippen molar-refractivity contribution in [3.05, 3.63) is 89.1 Å². The van der Waals surface area contributed by atoms with E-state index in [0.29, 0.717) is 33.3 Å². The fourth-order valence-electron chi connectivity index (χ4n) is 4.01. The fourth-order valence-corrected chi connectivity index (χ4v) is 4.14. The highest BCUT2D eigenvalue weighted by Crippen LogP contribution is 2.32. The molecular formula is C27H23ClFN5O. The van der Waals surface area contributed by atoms with E-state index in [1.54, 1.807) is 19.4 Å². The Morgan fingerprint density at radius 1 is 1.03 bits per heavy atom. The van der Waals surface area contributed by atoms with Gasteiger partial charge in [0.25, 0.3) is 0 Å². The summed E-state index contributed by atoms with van der Waals surface area (Å²) in [5, 5.41) is 4.76. The van der Waals surface area contributed by atoms with Crippen LogP contribution in [0.3, 0.4) is 0 Å². The second-order valence-corrected chi connectivity index (χ2v) is 8.76. The van der Waals surface area contributed by atoms with Gasteiger partial charge in [-0.05, 0) is 74.5 Å². The summed E-state index contributed by atoms with van der Waals surface area (Å²) < 4.78 is 21.7. The van der Waals surface area contributed by atoms with Crippen LogP contribution in [0.25, 0.3) is 28.1 Å². The molecule has 0 fully saturated rings. The highest BCUT2D eigenvalue weighted by atomic mass is 35.5. The van der Waals surface area contributed by atoms with E-state index in [-0.39, 0.29) is 11.9 Å². The first-order chi connectivity index (χ1) is 16.9. The molecule has 1 aromatic heterocycles. The largest absolute Gasteiger partial charge is 0.480 e. The maximum Gasteiger partial charge on any atom is 0.237 e. The molecule has 2 aliphatic rings. The van der Waals surface area contributed by atoms with E-state index in [4.69, 9.17) is 26.3 Å². The minimum Gasteiger partial charge on any atom is -0.480 e. The monoisotopic (exact) mass is 487 g/mol. The predicted molar refractivity (Wildman–Crippen MR) is 137 cm³/mol. The van der Waals surface area contributed by atoms with Gasteiger partial charge in [-0.25, -0.2) is 14.4 Å². The van der Waals surface area contributed by atoms with Gasteiger partial charge >= 0.3 is 0 Å². The number of ether oxygens (including phenoxy) is 1. The topological polar surface area (TPSA) is 64.3 Å². The number of anilines is 2. The van der Waals surface area contributed by atoms with Crippen molar-refractivity contribution in [1.29, 1.82) is 0 Å². The van der Waals surface area contributed by atoms with Crippen LogP contribution in [0, 0.1) is 5.82 Å². The molecule has 6 nitrogen and oxygen atoms in total. The Kier molecular flexibility index (Phi) is 6.09. The van der Waals surface area contributed by atoms with E-state index >= 15 is 0 Å². The summed E-state index contributed by atoms with van der Waals surface area (Å²) in [6.07, 6.45) is 1.67. The Balaban J connectivity index is 1.83. The summed E-state index contributed by atoms with van der Waals surface area (Å²) in [5.41, 5.74) is 5.11. The van der Waals surface area contributed by atoms with Crippen molar-refractivity contribution in [2.45, 2.75) is 19.9 Å². The molecule has 0 bridgehead atoms. The lowest BCUT2D eigenvalue weighted by atomic mass is 10.1. The van der Waals surface area contributed by atoms with Gasteiger partial charge in [-0.15, -0.1) is 0 Å². The number of nitrogens with zero attached hydrogens (tertiary/aromatic N) is 4. The number of hydrogen-bond donors (Lipinski definition) is 1. The van der Waals surface area contributed by atoms with E-state index in [9.17, 15) is 4.39 Å². The fraction of sp³-hybridized carbons (Fsp3) is 0.148. The second kappa shape index (κ2) is 9.35. The Morgan fingerprint density at radius 3 is 2.57 bits per heavy atom. The summed E-state index contributed by atoms with van der Waals surface area (Å²) in [6, 6.07) is 19.7. The SMILES string of the molecule is COc1ncccc1Nc1cc2nc3ccc(F)cc3n(-c3ccc(Cl)cc3)c-2c/c1=N\C(C)C. The first-order valence-corrected chi connectivity index (χ1v) is 11.5. The average Bonchev–Trinajstić information content (AvgIpc) is 2.84. The average molecular weight is 488 g/mol. The highest BCUT2D eigenvalue weighted by Gasteiger charge is 2.18. The summed E-state index contributed by atoms with van der Waals surface area (Å²) >= 11 is 6.15. The zero-order chi connectivity index (χ0) is 24.5. The highest BCUT2D eigenvalue weighted by molar-refractivity contribution is 6.30. The molecule has 0 spiro atoms. The number of rotatable bonds is 5. The molecule has 2 aromatic carbocycles. The number of aromatic nitrogens is 3. The Bertz CT molecular complexity index is 1560. The zero-order valence-corrected chi connectivity index (χ0v) is 20.2. The third kappa shape index (κ3) is 4.55. The van der Waals surface area contributed by atoms with Crippen LogP contribution in [-0.2, 0) is 0 Å². The van der Waals surface area contributed by atoms with E-state index in [2.05, 4.69) is 10.3 Å². The molecule has 0 atom stereocenters. The van der Waals surface area contributed by atoms with Crippen molar-refractivity contribution >= 4 is 34.0 Å². The van der Waals surface area contributed by atoms with Crippen LogP contribution in [0.15, 0.2) is 77.9 Å². The van der Waals surface area contributed by atoms with Crippen LogP contribution < -0.4 is 15.4 Å². The van der Waals surface area contributed by atoms with Gasteiger partial charge in [0.1, 0.15) is 11.5 Å². The molecular weight excluding hydrogens is 465 g/mol. The molecule has 0 unspecified atom stereocenters. The van der Waals surface area contributed by atoms with Crippen molar-refractivity contribution in [3.8, 4) is 23.0 Å². The molecule has 0 radical (unpaired) electrons. The van der Waals surface area contributed by atoms with Crippen molar-refractivity contribution < 1.29 is 9.13 Å². The van der Waals surface area contributed by atoms with E-state index in [1.165, 1.54) is 12.1 Å². The third-order valence-electron chi connectivity index (χ3n) is 5.47. The van der Waals surface area contributed by atoms with Crippen molar-refractivity contribution in [2.75, 3.05) is 12.4 Å². The van der Waals surface area contributed by atoms with Gasteiger partial charge in [-0.1, -0.05) is 11.6 Å². The maximum atomic E-state index is 14.3. The van der Waals surface area contributed by atoms with E-state index in [0.717, 1.165) is 22.4 Å². The molecule has 8 heteroatoms. The molecule has 0 saturated carbocycles. The molecule has 1 N–H and O–H groups in total. The number of hydrogen-bond acceptors (Lipinski definition) is 5. The number of benzene rings is 3. The molecule has 0 amide bonds. The molecule has 3 aromatic rings. The maximum absolute atomic E-state index is 14.3. The third-order valence-corrected chi connectivity index (χ3v) is 5.72. The van der Waals surface area contributed by atoms with Gasteiger partial charge in [-0.3, -0.25) is 4.99 Å². The van der Waals surface area contributed by atoms with E-state index < -0.39 is 0 Å². The molecule has 176 valence electrons. The smallest absolute Gasteiger partial charge is 0.237 e. The predicted octanol–water partition coefficient (Wildman–Crippen LogP) is 6.38. The standard InChI is InChI=1S/C27H23ClFN5O/c1-16(2)31-23-15-26-24(14-22(23)33-21-5-4-12-30-27(21)35-3)32-20-11-8-18(29)13-25(20)34(26)19-9-6-17(28)7-10-19/h4-16,33H,1-3H3/b31-23+. The van der Waals surface area contributed by atoms with Crippen LogP contribution in [0.2, 0.25) is 5.02 Å². The van der Waals surface area contributed by atoms with Crippen molar-refractivity contribution in [1.82, 2.24) is 14.5 Å². The van der Waals surface area contributed by atoms with Gasteiger partial charge in [-0.2, -0.15) is 0 Å². The zero-order valence-electron chi connectivity index (χ0n) is 19.5. The quantitative estimate of drug-likeness (QED) is 0.292.